The minimum atomic E-state index is -0.0497. The van der Waals surface area contributed by atoms with Gasteiger partial charge in [0.2, 0.25) is 5.91 Å². The molecule has 148 valence electrons. The number of benzene rings is 1. The summed E-state index contributed by atoms with van der Waals surface area (Å²) < 4.78 is 1.75. The molecule has 2 N–H and O–H groups in total. The van der Waals surface area contributed by atoms with Crippen LogP contribution in [0.15, 0.2) is 42.7 Å². The van der Waals surface area contributed by atoms with E-state index in [-0.39, 0.29) is 17.9 Å². The molecule has 4 rings (SSSR count). The molecule has 0 aliphatic carbocycles. The van der Waals surface area contributed by atoms with Gasteiger partial charge in [-0.2, -0.15) is 5.10 Å². The van der Waals surface area contributed by atoms with Gasteiger partial charge in [-0.25, -0.2) is 4.68 Å². The molecule has 2 fully saturated rings. The lowest BCUT2D eigenvalue weighted by Crippen LogP contribution is -2.46. The summed E-state index contributed by atoms with van der Waals surface area (Å²) in [5.74, 6) is 0.438. The Morgan fingerprint density at radius 1 is 1.21 bits per heavy atom. The summed E-state index contributed by atoms with van der Waals surface area (Å²) in [4.78, 5) is 27.1. The van der Waals surface area contributed by atoms with Crippen LogP contribution in [0.25, 0.3) is 5.69 Å². The van der Waals surface area contributed by atoms with Gasteiger partial charge in [0, 0.05) is 37.6 Å². The van der Waals surface area contributed by atoms with Gasteiger partial charge in [0.25, 0.3) is 5.91 Å². The predicted molar refractivity (Wildman–Crippen MR) is 106 cm³/mol. The van der Waals surface area contributed by atoms with E-state index in [2.05, 4.69) is 15.7 Å². The first-order chi connectivity index (χ1) is 13.7. The summed E-state index contributed by atoms with van der Waals surface area (Å²) in [6.07, 6.45) is 7.55. The van der Waals surface area contributed by atoms with Crippen molar-refractivity contribution in [1.29, 1.82) is 0 Å². The van der Waals surface area contributed by atoms with E-state index in [4.69, 9.17) is 0 Å². The van der Waals surface area contributed by atoms with Crippen LogP contribution in [0.4, 0.5) is 0 Å². The van der Waals surface area contributed by atoms with Crippen LogP contribution in [-0.4, -0.2) is 58.7 Å². The lowest BCUT2D eigenvalue weighted by atomic mass is 9.97. The molecule has 2 saturated heterocycles. The molecule has 0 spiro atoms. The molecule has 0 bridgehead atoms. The van der Waals surface area contributed by atoms with Gasteiger partial charge in [0.1, 0.15) is 0 Å². The highest BCUT2D eigenvalue weighted by Gasteiger charge is 2.27. The van der Waals surface area contributed by atoms with Crippen LogP contribution < -0.4 is 10.6 Å². The maximum atomic E-state index is 13.0. The molecule has 2 aliphatic rings. The minimum absolute atomic E-state index is 0.0440. The Morgan fingerprint density at radius 3 is 2.93 bits per heavy atom. The van der Waals surface area contributed by atoms with E-state index in [9.17, 15) is 9.59 Å². The van der Waals surface area contributed by atoms with Crippen molar-refractivity contribution in [2.45, 2.75) is 31.7 Å². The monoisotopic (exact) mass is 381 g/mol. The SMILES string of the molecule is O=C(NCC1CCCN(C(=O)c2cccc(-n3cccn3)c2)C1)C1CCCN1. The van der Waals surface area contributed by atoms with Gasteiger partial charge >= 0.3 is 0 Å². The fourth-order valence-corrected chi connectivity index (χ4v) is 4.08. The van der Waals surface area contributed by atoms with Gasteiger partial charge < -0.3 is 15.5 Å². The molecule has 2 aliphatic heterocycles. The summed E-state index contributed by atoms with van der Waals surface area (Å²) in [6.45, 7) is 3.00. The molecular weight excluding hydrogens is 354 g/mol. The third-order valence-corrected chi connectivity index (χ3v) is 5.61. The summed E-state index contributed by atoms with van der Waals surface area (Å²) in [6, 6.07) is 9.37. The molecule has 2 atom stereocenters. The van der Waals surface area contributed by atoms with Crippen LogP contribution in [0, 0.1) is 5.92 Å². The summed E-state index contributed by atoms with van der Waals surface area (Å²) >= 11 is 0. The Morgan fingerprint density at radius 2 is 2.14 bits per heavy atom. The Kier molecular flexibility index (Phi) is 5.71. The third kappa shape index (κ3) is 4.25. The number of likely N-dealkylation sites (tertiary alicyclic amines) is 1. The lowest BCUT2D eigenvalue weighted by Gasteiger charge is -2.33. The highest BCUT2D eigenvalue weighted by atomic mass is 16.2. The van der Waals surface area contributed by atoms with Gasteiger partial charge in [-0.1, -0.05) is 6.07 Å². The van der Waals surface area contributed by atoms with Crippen LogP contribution in [0.3, 0.4) is 0 Å². The van der Waals surface area contributed by atoms with Gasteiger partial charge in [-0.15, -0.1) is 0 Å². The number of amides is 2. The van der Waals surface area contributed by atoms with E-state index in [1.165, 1.54) is 0 Å². The first kappa shape index (κ1) is 18.7. The van der Waals surface area contributed by atoms with Crippen molar-refractivity contribution in [2.75, 3.05) is 26.2 Å². The summed E-state index contributed by atoms with van der Waals surface area (Å²) in [7, 11) is 0. The molecule has 1 aromatic heterocycles. The van der Waals surface area contributed by atoms with Crippen molar-refractivity contribution >= 4 is 11.8 Å². The average Bonchev–Trinajstić information content (AvgIpc) is 3.46. The number of nitrogens with zero attached hydrogens (tertiary/aromatic N) is 3. The Labute approximate surface area is 165 Å². The number of hydrogen-bond donors (Lipinski definition) is 2. The van der Waals surface area contributed by atoms with Crippen molar-refractivity contribution in [1.82, 2.24) is 25.3 Å². The molecule has 0 radical (unpaired) electrons. The highest BCUT2D eigenvalue weighted by molar-refractivity contribution is 5.94. The largest absolute Gasteiger partial charge is 0.354 e. The second-order valence-corrected chi connectivity index (χ2v) is 7.65. The van der Waals surface area contributed by atoms with Crippen LogP contribution >= 0.6 is 0 Å². The van der Waals surface area contributed by atoms with Gasteiger partial charge in [-0.05, 0) is 62.4 Å². The molecule has 7 heteroatoms. The van der Waals surface area contributed by atoms with E-state index < -0.39 is 0 Å². The van der Waals surface area contributed by atoms with Gasteiger partial charge in [0.15, 0.2) is 0 Å². The highest BCUT2D eigenvalue weighted by Crippen LogP contribution is 2.19. The maximum Gasteiger partial charge on any atom is 0.253 e. The number of carbonyl (C=O) groups is 2. The molecule has 2 aromatic rings. The first-order valence-corrected chi connectivity index (χ1v) is 10.1. The summed E-state index contributed by atoms with van der Waals surface area (Å²) in [5.41, 5.74) is 1.55. The average molecular weight is 381 g/mol. The number of aromatic nitrogens is 2. The van der Waals surface area contributed by atoms with E-state index in [0.717, 1.165) is 44.5 Å². The fraction of sp³-hybridized carbons (Fsp3) is 0.476. The molecular formula is C21H27N5O2. The third-order valence-electron chi connectivity index (χ3n) is 5.61. The van der Waals surface area contributed by atoms with Crippen molar-refractivity contribution in [2.24, 2.45) is 5.92 Å². The predicted octanol–water partition coefficient (Wildman–Crippen LogP) is 1.59. The van der Waals surface area contributed by atoms with E-state index >= 15 is 0 Å². The Bertz CT molecular complexity index is 814. The topological polar surface area (TPSA) is 79.3 Å². The number of rotatable bonds is 5. The maximum absolute atomic E-state index is 13.0. The standard InChI is InChI=1S/C21H27N5O2/c27-20(19-8-2-9-22-19)23-14-16-5-3-11-25(15-16)21(28)17-6-1-7-18(13-17)26-12-4-10-24-26/h1,4,6-7,10,12-13,16,19,22H,2-3,5,8-9,11,14-15H2,(H,23,27). The van der Waals surface area contributed by atoms with Crippen molar-refractivity contribution < 1.29 is 9.59 Å². The number of carbonyl (C=O) groups excluding carboxylic acids is 2. The zero-order valence-electron chi connectivity index (χ0n) is 16.0. The second-order valence-electron chi connectivity index (χ2n) is 7.65. The zero-order chi connectivity index (χ0) is 19.3. The molecule has 7 nitrogen and oxygen atoms in total. The summed E-state index contributed by atoms with van der Waals surface area (Å²) in [5, 5.41) is 10.5. The van der Waals surface area contributed by atoms with Crippen molar-refractivity contribution in [3.8, 4) is 5.69 Å². The minimum Gasteiger partial charge on any atom is -0.354 e. The van der Waals surface area contributed by atoms with Crippen LogP contribution in [0.5, 0.6) is 0 Å². The molecule has 28 heavy (non-hydrogen) atoms. The lowest BCUT2D eigenvalue weighted by molar-refractivity contribution is -0.123. The van der Waals surface area contributed by atoms with E-state index in [0.29, 0.717) is 24.6 Å². The van der Waals surface area contributed by atoms with Gasteiger partial charge in [-0.3, -0.25) is 9.59 Å². The van der Waals surface area contributed by atoms with E-state index in [1.807, 2.05) is 41.4 Å². The molecule has 3 heterocycles. The fourth-order valence-electron chi connectivity index (χ4n) is 4.08. The van der Waals surface area contributed by atoms with Gasteiger partial charge in [0.05, 0.1) is 11.7 Å². The Hall–Kier alpha value is -2.67. The number of hydrogen-bond acceptors (Lipinski definition) is 4. The van der Waals surface area contributed by atoms with Crippen LogP contribution in [0.2, 0.25) is 0 Å². The van der Waals surface area contributed by atoms with Crippen molar-refractivity contribution in [3.63, 3.8) is 0 Å². The molecule has 1 aromatic carbocycles. The van der Waals surface area contributed by atoms with Crippen LogP contribution in [-0.2, 0) is 4.79 Å². The Balaban J connectivity index is 1.35. The smallest absolute Gasteiger partial charge is 0.253 e. The quantitative estimate of drug-likeness (QED) is 0.824. The second kappa shape index (κ2) is 8.56. The zero-order valence-corrected chi connectivity index (χ0v) is 16.0. The molecule has 0 saturated carbocycles. The normalized spacial score (nSPS) is 22.2. The van der Waals surface area contributed by atoms with Crippen LogP contribution in [0.1, 0.15) is 36.0 Å². The van der Waals surface area contributed by atoms with E-state index in [1.54, 1.807) is 10.9 Å². The molecule has 2 amide bonds. The number of piperidine rings is 1. The van der Waals surface area contributed by atoms with Crippen molar-refractivity contribution in [3.05, 3.63) is 48.3 Å². The first-order valence-electron chi connectivity index (χ1n) is 10.1. The number of nitrogens with one attached hydrogen (secondary N) is 2. The molecule has 2 unspecified atom stereocenters.